The largest absolute Gasteiger partial charge is 0.508 e. The van der Waals surface area contributed by atoms with Crippen LogP contribution in [0, 0.1) is 28.6 Å². The number of benzene rings is 2. The Morgan fingerprint density at radius 1 is 0.421 bits per heavy atom. The van der Waals surface area contributed by atoms with E-state index in [4.69, 9.17) is 53.7 Å². The van der Waals surface area contributed by atoms with E-state index in [0.717, 1.165) is 4.90 Å². The lowest BCUT2D eigenvalue weighted by Crippen LogP contribution is -2.61. The van der Waals surface area contributed by atoms with Crippen LogP contribution in [0.5, 0.6) is 11.5 Å². The van der Waals surface area contributed by atoms with Crippen molar-refractivity contribution < 1.29 is 121 Å². The lowest BCUT2D eigenvalue weighted by atomic mass is 9.96. The number of nitrogens with two attached hydrogens (primary N) is 5. The zero-order chi connectivity index (χ0) is 99.0. The zero-order valence-corrected chi connectivity index (χ0v) is 76.4. The van der Waals surface area contributed by atoms with Crippen molar-refractivity contribution in [2.45, 2.75) is 255 Å². The first-order chi connectivity index (χ1) is 63.1. The predicted molar refractivity (Wildman–Crippen MR) is 481 cm³/mol. The maximum absolute atomic E-state index is 15.2. The number of phenols is 2. The van der Waals surface area contributed by atoms with Gasteiger partial charge in [0.15, 0.2) is 11.9 Å². The number of carbonyl (C=O) groups is 17. The lowest BCUT2D eigenvalue weighted by Gasteiger charge is -2.32. The minimum atomic E-state index is -2.15. The van der Waals surface area contributed by atoms with Crippen LogP contribution >= 0.6 is 0 Å². The second-order valence-electron chi connectivity index (χ2n) is 33.6. The maximum Gasteiger partial charge on any atom is 0.326 e. The molecule has 0 aliphatic carbocycles. The lowest BCUT2D eigenvalue weighted by molar-refractivity contribution is -0.144. The minimum Gasteiger partial charge on any atom is -0.508 e. The average Bonchev–Trinajstić information content (AvgIpc) is 1.71. The number of nitrogens with zero attached hydrogens (tertiary/aromatic N) is 2. The second kappa shape index (κ2) is 59.7. The van der Waals surface area contributed by atoms with Gasteiger partial charge in [0, 0.05) is 58.4 Å². The molecule has 2 saturated heterocycles. The number of carboxylic acid groups (broad SMARTS) is 3. The summed E-state index contributed by atoms with van der Waals surface area (Å²) in [7, 11) is 0. The SMILES string of the molecule is CCC(C)C(NC(=O)C(Cc1ccc(O)cc1)NC(=O)C1CCCN1C(=O)C(CCCNC(=N)N)NC(=O)C(CCCNC(=N)N)NC(=O)C1CCCN1C(=O)C(CCCCN)NC(=O)C(CC(N)=O)NC(=O)C(CC(=O)O)NC(=O)C(Cc1ccc(O)cc1)NC(=O)C(CC(C)C)NC(=O)C(CCC(=O)O)NC(=O)CCOCCOCCOCCN)C(=O)NC(CC(C)C)C(=O)O. The number of aromatic hydroxyl groups is 2. The van der Waals surface area contributed by atoms with E-state index in [2.05, 4.69) is 69.1 Å². The molecule has 742 valence electrons. The maximum atomic E-state index is 15.2. The molecule has 14 unspecified atom stereocenters. The van der Waals surface area contributed by atoms with E-state index < -0.39 is 229 Å². The summed E-state index contributed by atoms with van der Waals surface area (Å²) in [6.07, 6.45) is -3.60. The highest BCUT2D eigenvalue weighted by Crippen LogP contribution is 2.25. The number of carbonyl (C=O) groups excluding carboxylic acids is 14. The standard InChI is InChI=1S/C86H138N22O25/c1-7-50(6)71(81(126)105-64(84(129)130)43-49(4)5)106-78(123)61(45-52-21-25-54(110)26-22-52)104-80(125)66-18-13-35-108(66)83(128)58(16-11-33-95-86(92)93)98-72(117)55(15-10-32-94-85(90)91)97-79(124)65-17-12-34-107(65)82(127)57(14-8-9-30-87)99-76(121)62(46-67(89)111)102-77(122)63(47-70(115)116)103-75(120)60(44-51-19-23-53(109)24-20-51)101-74(119)59(42-48(2)3)100-73(118)56(27-28-69(113)114)96-68(112)29-36-131-38-40-133-41-39-132-37-31-88/h19-26,48-50,55-66,71,109-110H,7-18,27-47,87-88H2,1-6H3,(H2,89,111)(H,96,112)(H,97,124)(H,98,117)(H,99,121)(H,100,118)(H,101,119)(H,102,122)(H,103,120)(H,104,125)(H,105,126)(H,106,123)(H,113,114)(H,115,116)(H,129,130)(H4,90,91,94)(H4,92,93,95). The average molecular weight is 1880 g/mol. The minimum absolute atomic E-state index is 0.00388. The number of unbranched alkanes of at least 4 members (excludes halogenated alkanes) is 1. The number of primary amides is 1. The molecule has 2 aromatic carbocycles. The van der Waals surface area contributed by atoms with Crippen LogP contribution in [0.1, 0.15) is 175 Å². The number of hydrogen-bond acceptors (Lipinski definition) is 26. The van der Waals surface area contributed by atoms with Crippen LogP contribution in [0.15, 0.2) is 48.5 Å². The number of phenolic OH excluding ortho intramolecular Hbond substituents is 2. The molecule has 4 rings (SSSR count). The fourth-order valence-electron chi connectivity index (χ4n) is 14.7. The Kier molecular flexibility index (Phi) is 50.6. The van der Waals surface area contributed by atoms with E-state index in [-0.39, 0.29) is 184 Å². The summed E-state index contributed by atoms with van der Waals surface area (Å²) in [4.78, 5) is 241. The Hall–Kier alpha value is -12.6. The molecule has 2 aliphatic rings. The van der Waals surface area contributed by atoms with Crippen molar-refractivity contribution in [2.24, 2.45) is 46.4 Å². The third-order valence-electron chi connectivity index (χ3n) is 21.8. The normalized spacial score (nSPS) is 16.2. The van der Waals surface area contributed by atoms with Crippen molar-refractivity contribution in [1.82, 2.24) is 78.9 Å². The molecule has 47 nitrogen and oxygen atoms in total. The number of nitrogens with one attached hydrogen (secondary N) is 15. The summed E-state index contributed by atoms with van der Waals surface area (Å²) in [5, 5.41) is 98.9. The summed E-state index contributed by atoms with van der Waals surface area (Å²) < 4.78 is 16.1. The highest BCUT2D eigenvalue weighted by Gasteiger charge is 2.44. The van der Waals surface area contributed by atoms with Crippen LogP contribution in [0.4, 0.5) is 0 Å². The van der Waals surface area contributed by atoms with E-state index in [9.17, 15) is 92.7 Å². The molecule has 0 aromatic heterocycles. The van der Waals surface area contributed by atoms with E-state index >= 15 is 14.4 Å². The summed E-state index contributed by atoms with van der Waals surface area (Å²) in [5.41, 5.74) is 28.8. The van der Waals surface area contributed by atoms with Crippen molar-refractivity contribution in [2.75, 3.05) is 78.9 Å². The number of rotatable bonds is 64. The topological polar surface area (TPSA) is 760 Å². The van der Waals surface area contributed by atoms with Gasteiger partial charge in [0.25, 0.3) is 0 Å². The molecule has 2 aromatic rings. The Balaban J connectivity index is 1.64. The molecule has 0 bridgehead atoms. The van der Waals surface area contributed by atoms with Crippen molar-refractivity contribution >= 4 is 113 Å². The number of amides is 14. The molecule has 47 heteroatoms. The number of aliphatic carboxylic acids is 3. The highest BCUT2D eigenvalue weighted by molar-refractivity contribution is 6.02. The van der Waals surface area contributed by atoms with Gasteiger partial charge in [-0.1, -0.05) is 72.2 Å². The van der Waals surface area contributed by atoms with Gasteiger partial charge in [-0.25, -0.2) is 4.79 Å². The van der Waals surface area contributed by atoms with Crippen molar-refractivity contribution in [3.63, 3.8) is 0 Å². The van der Waals surface area contributed by atoms with Gasteiger partial charge in [0.1, 0.15) is 90.0 Å². The highest BCUT2D eigenvalue weighted by atomic mass is 16.5. The molecule has 14 amide bonds. The predicted octanol–water partition coefficient (Wildman–Crippen LogP) is -4.31. The molecule has 2 fully saturated rings. The van der Waals surface area contributed by atoms with Gasteiger partial charge in [0.05, 0.1) is 52.5 Å². The molecule has 0 spiro atoms. The van der Waals surface area contributed by atoms with Gasteiger partial charge in [-0.2, -0.15) is 0 Å². The molecular weight excluding hydrogens is 1740 g/mol. The van der Waals surface area contributed by atoms with Crippen molar-refractivity contribution in [3.8, 4) is 11.5 Å². The van der Waals surface area contributed by atoms with Crippen LogP contribution in [0.2, 0.25) is 0 Å². The fourth-order valence-corrected chi connectivity index (χ4v) is 14.7. The smallest absolute Gasteiger partial charge is 0.326 e. The number of carboxylic acids is 3. The third-order valence-corrected chi connectivity index (χ3v) is 21.8. The summed E-state index contributed by atoms with van der Waals surface area (Å²) in [6.45, 7) is 11.6. The fraction of sp³-hybridized carbons (Fsp3) is 0.640. The molecule has 2 heterocycles. The Morgan fingerprint density at radius 3 is 1.26 bits per heavy atom. The molecule has 2 aliphatic heterocycles. The first kappa shape index (κ1) is 113. The van der Waals surface area contributed by atoms with Gasteiger partial charge in [-0.3, -0.25) is 87.5 Å². The summed E-state index contributed by atoms with van der Waals surface area (Å²) in [5.74, 6) is -20.4. The summed E-state index contributed by atoms with van der Waals surface area (Å²) in [6, 6.07) is -9.40. The van der Waals surface area contributed by atoms with E-state index in [1.807, 2.05) is 0 Å². The molecule has 14 atom stereocenters. The van der Waals surface area contributed by atoms with Crippen molar-refractivity contribution in [3.05, 3.63) is 59.7 Å². The first-order valence-corrected chi connectivity index (χ1v) is 44.8. The molecule has 30 N–H and O–H groups in total. The van der Waals surface area contributed by atoms with Crippen LogP contribution < -0.4 is 97.8 Å². The van der Waals surface area contributed by atoms with E-state index in [0.29, 0.717) is 31.7 Å². The van der Waals surface area contributed by atoms with E-state index in [1.54, 1.807) is 41.5 Å². The van der Waals surface area contributed by atoms with Gasteiger partial charge in [0.2, 0.25) is 82.7 Å². The third kappa shape index (κ3) is 42.2. The van der Waals surface area contributed by atoms with Gasteiger partial charge in [-0.15, -0.1) is 0 Å². The van der Waals surface area contributed by atoms with Gasteiger partial charge >= 0.3 is 17.9 Å². The molecule has 0 radical (unpaired) electrons. The summed E-state index contributed by atoms with van der Waals surface area (Å²) >= 11 is 0. The van der Waals surface area contributed by atoms with E-state index in [1.165, 1.54) is 53.4 Å². The quantitative estimate of drug-likeness (QED) is 0.0169. The number of ether oxygens (including phenoxy) is 3. The number of guanidine groups is 2. The Morgan fingerprint density at radius 2 is 0.812 bits per heavy atom. The van der Waals surface area contributed by atoms with Gasteiger partial charge < -0.3 is 147 Å². The van der Waals surface area contributed by atoms with Gasteiger partial charge in [-0.05, 0) is 150 Å². The monoisotopic (exact) mass is 1880 g/mol. The first-order valence-electron chi connectivity index (χ1n) is 44.8. The van der Waals surface area contributed by atoms with Crippen LogP contribution in [0.3, 0.4) is 0 Å². The number of likely N-dealkylation sites (tertiary alicyclic amines) is 2. The molecular formula is C86H138N22O25. The second-order valence-corrected chi connectivity index (χ2v) is 33.6. The zero-order valence-electron chi connectivity index (χ0n) is 76.4. The van der Waals surface area contributed by atoms with Crippen LogP contribution in [-0.4, -0.2) is 305 Å². The molecule has 0 saturated carbocycles. The van der Waals surface area contributed by atoms with Crippen LogP contribution in [-0.2, 0) is 109 Å². The Bertz CT molecular complexity index is 4210. The van der Waals surface area contributed by atoms with Crippen LogP contribution in [0.25, 0.3) is 0 Å². The Labute approximate surface area is 771 Å². The number of hydrogen-bond donors (Lipinski definition) is 25. The molecule has 133 heavy (non-hydrogen) atoms. The van der Waals surface area contributed by atoms with Crippen molar-refractivity contribution in [1.29, 1.82) is 10.8 Å².